The first-order valence-electron chi connectivity index (χ1n) is 7.55. The van der Waals surface area contributed by atoms with Crippen LogP contribution in [0.5, 0.6) is 0 Å². The van der Waals surface area contributed by atoms with Gasteiger partial charge in [0.15, 0.2) is 0 Å². The zero-order valence-corrected chi connectivity index (χ0v) is 12.3. The number of rotatable bonds is 4. The zero-order chi connectivity index (χ0) is 14.8. The number of amides is 1. The molecule has 0 bridgehead atoms. The fourth-order valence-electron chi connectivity index (χ4n) is 2.87. The Labute approximate surface area is 123 Å². The molecular weight excluding hydrogens is 270 g/mol. The van der Waals surface area contributed by atoms with Gasteiger partial charge in [0.1, 0.15) is 6.61 Å². The van der Waals surface area contributed by atoms with Crippen molar-refractivity contribution >= 4 is 5.91 Å². The number of carbonyl (C=O) groups is 1. The summed E-state index contributed by atoms with van der Waals surface area (Å²) >= 11 is 0. The third kappa shape index (κ3) is 3.15. The highest BCUT2D eigenvalue weighted by Gasteiger charge is 2.28. The van der Waals surface area contributed by atoms with Crippen LogP contribution in [0.15, 0.2) is 16.9 Å². The van der Waals surface area contributed by atoms with Gasteiger partial charge in [0.05, 0.1) is 11.7 Å². The molecule has 6 nitrogen and oxygen atoms in total. The van der Waals surface area contributed by atoms with E-state index in [0.717, 1.165) is 18.5 Å². The maximum absolute atomic E-state index is 12.0. The average molecular weight is 291 g/mol. The van der Waals surface area contributed by atoms with Gasteiger partial charge in [0, 0.05) is 32.2 Å². The average Bonchev–Trinajstić information content (AvgIpc) is 3.33. The highest BCUT2D eigenvalue weighted by Crippen LogP contribution is 2.38. The van der Waals surface area contributed by atoms with E-state index >= 15 is 0 Å². The van der Waals surface area contributed by atoms with E-state index < -0.39 is 0 Å². The van der Waals surface area contributed by atoms with Gasteiger partial charge in [-0.05, 0) is 31.7 Å². The number of hydrogen-bond acceptors (Lipinski definition) is 4. The standard InChI is InChI=1S/C15H21N3O3/c1-21-10-15(20)17-8-6-12(7-9-17)18-14(19)5-4-13(16-18)11-2-3-11/h4-5,11-12H,2-3,6-10H2,1H3. The van der Waals surface area contributed by atoms with Gasteiger partial charge in [-0.1, -0.05) is 0 Å². The van der Waals surface area contributed by atoms with E-state index in [1.807, 2.05) is 6.07 Å². The van der Waals surface area contributed by atoms with Crippen molar-refractivity contribution in [3.8, 4) is 0 Å². The summed E-state index contributed by atoms with van der Waals surface area (Å²) in [6.07, 6.45) is 3.90. The largest absolute Gasteiger partial charge is 0.375 e. The van der Waals surface area contributed by atoms with Gasteiger partial charge >= 0.3 is 0 Å². The predicted octanol–water partition coefficient (Wildman–Crippen LogP) is 0.931. The molecule has 0 aromatic carbocycles. The van der Waals surface area contributed by atoms with Crippen LogP contribution in [0.25, 0.3) is 0 Å². The van der Waals surface area contributed by atoms with Crippen LogP contribution in [0.1, 0.15) is 43.3 Å². The Morgan fingerprint density at radius 3 is 2.62 bits per heavy atom. The van der Waals surface area contributed by atoms with Crippen LogP contribution in [0, 0.1) is 0 Å². The molecule has 0 spiro atoms. The van der Waals surface area contributed by atoms with E-state index in [1.165, 1.54) is 20.0 Å². The van der Waals surface area contributed by atoms with Crippen molar-refractivity contribution in [2.24, 2.45) is 0 Å². The maximum atomic E-state index is 12.0. The molecule has 0 radical (unpaired) electrons. The second-order valence-corrected chi connectivity index (χ2v) is 5.86. The topological polar surface area (TPSA) is 64.4 Å². The summed E-state index contributed by atoms with van der Waals surface area (Å²) < 4.78 is 6.51. The summed E-state index contributed by atoms with van der Waals surface area (Å²) in [6, 6.07) is 3.58. The van der Waals surface area contributed by atoms with Crippen LogP contribution >= 0.6 is 0 Å². The van der Waals surface area contributed by atoms with Crippen molar-refractivity contribution in [3.05, 3.63) is 28.2 Å². The minimum absolute atomic E-state index is 0.0167. The van der Waals surface area contributed by atoms with E-state index in [4.69, 9.17) is 4.74 Å². The summed E-state index contributed by atoms with van der Waals surface area (Å²) in [4.78, 5) is 25.6. The molecule has 0 N–H and O–H groups in total. The van der Waals surface area contributed by atoms with E-state index in [1.54, 1.807) is 15.6 Å². The minimum atomic E-state index is -0.0407. The minimum Gasteiger partial charge on any atom is -0.375 e. The van der Waals surface area contributed by atoms with E-state index in [0.29, 0.717) is 19.0 Å². The van der Waals surface area contributed by atoms with Crippen molar-refractivity contribution in [3.63, 3.8) is 0 Å². The maximum Gasteiger partial charge on any atom is 0.267 e. The van der Waals surface area contributed by atoms with Crippen LogP contribution < -0.4 is 5.56 Å². The smallest absolute Gasteiger partial charge is 0.267 e. The molecule has 3 rings (SSSR count). The molecule has 114 valence electrons. The van der Waals surface area contributed by atoms with Crippen molar-refractivity contribution in [2.45, 2.75) is 37.6 Å². The summed E-state index contributed by atoms with van der Waals surface area (Å²) in [6.45, 7) is 1.45. The fourth-order valence-corrected chi connectivity index (χ4v) is 2.87. The lowest BCUT2D eigenvalue weighted by Gasteiger charge is -2.32. The molecule has 1 aromatic rings. The summed E-state index contributed by atoms with van der Waals surface area (Å²) in [5, 5.41) is 4.54. The first-order chi connectivity index (χ1) is 10.2. The van der Waals surface area contributed by atoms with Crippen LogP contribution in [0.2, 0.25) is 0 Å². The molecule has 1 aliphatic heterocycles. The Balaban J connectivity index is 1.68. The Morgan fingerprint density at radius 1 is 1.29 bits per heavy atom. The van der Waals surface area contributed by atoms with E-state index in [9.17, 15) is 9.59 Å². The number of aromatic nitrogens is 2. The molecule has 6 heteroatoms. The number of ether oxygens (including phenoxy) is 1. The molecule has 1 saturated heterocycles. The second kappa shape index (κ2) is 5.97. The van der Waals surface area contributed by atoms with Crippen molar-refractivity contribution in [1.82, 2.24) is 14.7 Å². The SMILES string of the molecule is COCC(=O)N1CCC(n2nc(C3CC3)ccc2=O)CC1. The Kier molecular flexibility index (Phi) is 4.05. The lowest BCUT2D eigenvalue weighted by molar-refractivity contribution is -0.136. The Bertz CT molecular complexity index is 572. The number of methoxy groups -OCH3 is 1. The molecule has 1 aromatic heterocycles. The van der Waals surface area contributed by atoms with Gasteiger partial charge in [0.2, 0.25) is 5.91 Å². The highest BCUT2D eigenvalue weighted by atomic mass is 16.5. The quantitative estimate of drug-likeness (QED) is 0.828. The molecule has 1 aliphatic carbocycles. The molecule has 0 unspecified atom stereocenters. The van der Waals surface area contributed by atoms with Crippen molar-refractivity contribution < 1.29 is 9.53 Å². The zero-order valence-electron chi connectivity index (χ0n) is 12.3. The van der Waals surface area contributed by atoms with Gasteiger partial charge in [-0.3, -0.25) is 9.59 Å². The second-order valence-electron chi connectivity index (χ2n) is 5.86. The van der Waals surface area contributed by atoms with Crippen LogP contribution in [-0.2, 0) is 9.53 Å². The number of nitrogens with zero attached hydrogens (tertiary/aromatic N) is 3. The number of likely N-dealkylation sites (tertiary alicyclic amines) is 1. The summed E-state index contributed by atoms with van der Waals surface area (Å²) in [5.41, 5.74) is 0.994. The molecule has 2 aliphatic rings. The normalized spacial score (nSPS) is 19.8. The first kappa shape index (κ1) is 14.3. The van der Waals surface area contributed by atoms with E-state index in [2.05, 4.69) is 5.10 Å². The highest BCUT2D eigenvalue weighted by molar-refractivity contribution is 5.77. The molecule has 1 amide bonds. The van der Waals surface area contributed by atoms with Crippen molar-refractivity contribution in [2.75, 3.05) is 26.8 Å². The molecule has 2 heterocycles. The molecule has 21 heavy (non-hydrogen) atoms. The monoisotopic (exact) mass is 291 g/mol. The van der Waals surface area contributed by atoms with Crippen LogP contribution in [0.4, 0.5) is 0 Å². The summed E-state index contributed by atoms with van der Waals surface area (Å²) in [5.74, 6) is 0.559. The van der Waals surface area contributed by atoms with Gasteiger partial charge < -0.3 is 9.64 Å². The van der Waals surface area contributed by atoms with Gasteiger partial charge in [-0.15, -0.1) is 0 Å². The predicted molar refractivity (Wildman–Crippen MR) is 77.2 cm³/mol. The first-order valence-corrected chi connectivity index (χ1v) is 7.55. The van der Waals surface area contributed by atoms with E-state index in [-0.39, 0.29) is 24.1 Å². The third-order valence-electron chi connectivity index (χ3n) is 4.27. The number of hydrogen-bond donors (Lipinski definition) is 0. The Morgan fingerprint density at radius 2 is 2.00 bits per heavy atom. The third-order valence-corrected chi connectivity index (χ3v) is 4.27. The van der Waals surface area contributed by atoms with Crippen molar-refractivity contribution in [1.29, 1.82) is 0 Å². The van der Waals surface area contributed by atoms with Gasteiger partial charge in [-0.25, -0.2) is 4.68 Å². The number of carbonyl (C=O) groups excluding carboxylic acids is 1. The molecule has 2 fully saturated rings. The molecule has 1 saturated carbocycles. The van der Waals surface area contributed by atoms with Gasteiger partial charge in [0.25, 0.3) is 5.56 Å². The number of piperidine rings is 1. The van der Waals surface area contributed by atoms with Gasteiger partial charge in [-0.2, -0.15) is 5.10 Å². The van der Waals surface area contributed by atoms with Crippen LogP contribution in [-0.4, -0.2) is 47.4 Å². The molecular formula is C15H21N3O3. The molecule has 0 atom stereocenters. The fraction of sp³-hybridized carbons (Fsp3) is 0.667. The lowest BCUT2D eigenvalue weighted by atomic mass is 10.1. The Hall–Kier alpha value is -1.69. The van der Waals surface area contributed by atoms with Crippen LogP contribution in [0.3, 0.4) is 0 Å². The summed E-state index contributed by atoms with van der Waals surface area (Å²) in [7, 11) is 1.53. The lowest BCUT2D eigenvalue weighted by Crippen LogP contribution is -2.42.